The topological polar surface area (TPSA) is 57.6 Å². The van der Waals surface area contributed by atoms with Gasteiger partial charge in [0.1, 0.15) is 0 Å². The summed E-state index contributed by atoms with van der Waals surface area (Å²) in [4.78, 5) is 25.1. The van der Waals surface area contributed by atoms with Gasteiger partial charge in [-0.15, -0.1) is 0 Å². The summed E-state index contributed by atoms with van der Waals surface area (Å²) in [6, 6.07) is 7.80. The van der Waals surface area contributed by atoms with Crippen molar-refractivity contribution in [1.29, 1.82) is 0 Å². The Labute approximate surface area is 147 Å². The average molecular weight is 363 g/mol. The van der Waals surface area contributed by atoms with Gasteiger partial charge in [0.15, 0.2) is 17.5 Å². The van der Waals surface area contributed by atoms with Crippen LogP contribution in [-0.2, 0) is 4.79 Å². The van der Waals surface area contributed by atoms with E-state index in [9.17, 15) is 22.8 Å². The van der Waals surface area contributed by atoms with E-state index >= 15 is 0 Å². The first-order valence-corrected chi connectivity index (χ1v) is 8.14. The highest BCUT2D eigenvalue weighted by Gasteiger charge is 2.28. The molecular weight excluding hydrogens is 347 g/mol. The Balaban J connectivity index is 1.79. The first-order chi connectivity index (χ1) is 12.4. The van der Waals surface area contributed by atoms with Gasteiger partial charge in [-0.05, 0) is 48.2 Å². The Bertz CT molecular complexity index is 829. The van der Waals surface area contributed by atoms with Gasteiger partial charge in [0, 0.05) is 18.7 Å². The smallest absolute Gasteiger partial charge is 0.308 e. The van der Waals surface area contributed by atoms with Crippen molar-refractivity contribution in [1.82, 2.24) is 4.90 Å². The van der Waals surface area contributed by atoms with Crippen molar-refractivity contribution >= 4 is 11.9 Å². The maximum atomic E-state index is 13.4. The van der Waals surface area contributed by atoms with Gasteiger partial charge in [-0.3, -0.25) is 9.59 Å². The predicted molar refractivity (Wildman–Crippen MR) is 88.0 cm³/mol. The normalized spacial score (nSPS) is 17.2. The molecule has 7 heteroatoms. The van der Waals surface area contributed by atoms with Crippen molar-refractivity contribution < 1.29 is 27.9 Å². The number of amides is 1. The Morgan fingerprint density at radius 2 is 1.62 bits per heavy atom. The molecule has 1 heterocycles. The largest absolute Gasteiger partial charge is 0.481 e. The van der Waals surface area contributed by atoms with E-state index in [1.807, 2.05) is 0 Å². The lowest BCUT2D eigenvalue weighted by Crippen LogP contribution is -2.42. The van der Waals surface area contributed by atoms with E-state index in [1.165, 1.54) is 29.2 Å². The molecule has 2 aromatic rings. The van der Waals surface area contributed by atoms with Crippen molar-refractivity contribution in [3.63, 3.8) is 0 Å². The summed E-state index contributed by atoms with van der Waals surface area (Å²) >= 11 is 0. The fraction of sp³-hybridized carbons (Fsp3) is 0.263. The SMILES string of the molecule is O=C(O)C1CCCN(C(=O)c2ccc(-c3cc(F)c(F)c(F)c3)cc2)C1. The van der Waals surface area contributed by atoms with Crippen molar-refractivity contribution in [2.45, 2.75) is 12.8 Å². The number of likely N-dealkylation sites (tertiary alicyclic amines) is 1. The minimum absolute atomic E-state index is 0.157. The molecule has 1 atom stereocenters. The van der Waals surface area contributed by atoms with Gasteiger partial charge in [0.25, 0.3) is 5.91 Å². The van der Waals surface area contributed by atoms with E-state index in [2.05, 4.69) is 0 Å². The summed E-state index contributed by atoms with van der Waals surface area (Å²) < 4.78 is 39.8. The number of halogens is 3. The zero-order valence-electron chi connectivity index (χ0n) is 13.7. The quantitative estimate of drug-likeness (QED) is 0.846. The van der Waals surface area contributed by atoms with Gasteiger partial charge in [-0.2, -0.15) is 0 Å². The van der Waals surface area contributed by atoms with Crippen LogP contribution in [0.1, 0.15) is 23.2 Å². The van der Waals surface area contributed by atoms with Crippen LogP contribution in [0.25, 0.3) is 11.1 Å². The molecule has 1 N–H and O–H groups in total. The summed E-state index contributed by atoms with van der Waals surface area (Å²) in [6.45, 7) is 0.642. The zero-order valence-corrected chi connectivity index (χ0v) is 13.7. The van der Waals surface area contributed by atoms with Gasteiger partial charge >= 0.3 is 5.97 Å². The summed E-state index contributed by atoms with van der Waals surface area (Å²) in [6.07, 6.45) is 1.16. The lowest BCUT2D eigenvalue weighted by molar-refractivity contribution is -0.143. The molecule has 2 aromatic carbocycles. The number of carbonyl (C=O) groups is 2. The molecule has 0 spiro atoms. The molecule has 1 amide bonds. The average Bonchev–Trinajstić information content (AvgIpc) is 2.65. The van der Waals surface area contributed by atoms with Gasteiger partial charge in [0.05, 0.1) is 5.92 Å². The number of carboxylic acids is 1. The number of piperidine rings is 1. The molecule has 0 aromatic heterocycles. The van der Waals surface area contributed by atoms with Crippen molar-refractivity contribution in [3.05, 3.63) is 59.4 Å². The Morgan fingerprint density at radius 1 is 1.00 bits per heavy atom. The van der Waals surface area contributed by atoms with Crippen LogP contribution >= 0.6 is 0 Å². The summed E-state index contributed by atoms with van der Waals surface area (Å²) in [7, 11) is 0. The van der Waals surface area contributed by atoms with E-state index in [0.29, 0.717) is 30.5 Å². The molecular formula is C19H16F3NO3. The Morgan fingerprint density at radius 3 is 2.19 bits per heavy atom. The molecule has 4 nitrogen and oxygen atoms in total. The third-order valence-electron chi connectivity index (χ3n) is 4.51. The molecule has 0 aliphatic carbocycles. The number of aliphatic carboxylic acids is 1. The van der Waals surface area contributed by atoms with Crippen LogP contribution in [0.3, 0.4) is 0 Å². The van der Waals surface area contributed by atoms with Crippen molar-refractivity contribution in [2.75, 3.05) is 13.1 Å². The lowest BCUT2D eigenvalue weighted by Gasteiger charge is -2.30. The number of hydrogen-bond donors (Lipinski definition) is 1. The van der Waals surface area contributed by atoms with Crippen LogP contribution in [0.5, 0.6) is 0 Å². The van der Waals surface area contributed by atoms with Crippen molar-refractivity contribution in [3.8, 4) is 11.1 Å². The van der Waals surface area contributed by atoms with E-state index in [-0.39, 0.29) is 18.0 Å². The second-order valence-corrected chi connectivity index (χ2v) is 6.26. The third kappa shape index (κ3) is 3.56. The minimum atomic E-state index is -1.53. The Hall–Kier alpha value is -2.83. The van der Waals surface area contributed by atoms with Crippen LogP contribution in [0.2, 0.25) is 0 Å². The monoisotopic (exact) mass is 363 g/mol. The molecule has 136 valence electrons. The molecule has 3 rings (SSSR count). The third-order valence-corrected chi connectivity index (χ3v) is 4.51. The van der Waals surface area contributed by atoms with Gasteiger partial charge < -0.3 is 10.0 Å². The van der Waals surface area contributed by atoms with E-state index in [4.69, 9.17) is 5.11 Å². The van der Waals surface area contributed by atoms with Crippen LogP contribution in [0, 0.1) is 23.4 Å². The Kier molecular flexibility index (Phi) is 4.97. The lowest BCUT2D eigenvalue weighted by atomic mass is 9.97. The number of carboxylic acid groups (broad SMARTS) is 1. The number of carbonyl (C=O) groups excluding carboxylic acids is 1. The molecule has 1 saturated heterocycles. The summed E-state index contributed by atoms with van der Waals surface area (Å²) in [5.74, 6) is -5.88. The fourth-order valence-electron chi connectivity index (χ4n) is 3.07. The number of rotatable bonds is 3. The van der Waals surface area contributed by atoms with E-state index in [0.717, 1.165) is 12.1 Å². The van der Waals surface area contributed by atoms with E-state index < -0.39 is 29.3 Å². The maximum Gasteiger partial charge on any atom is 0.308 e. The highest BCUT2D eigenvalue weighted by Crippen LogP contribution is 2.25. The van der Waals surface area contributed by atoms with Crippen LogP contribution in [0.4, 0.5) is 13.2 Å². The number of benzene rings is 2. The molecule has 1 fully saturated rings. The standard InChI is InChI=1S/C19H16F3NO3/c20-15-8-14(9-16(21)17(15)22)11-3-5-12(6-4-11)18(24)23-7-1-2-13(10-23)19(25)26/h3-6,8-9,13H,1-2,7,10H2,(H,25,26). The van der Waals surface area contributed by atoms with Gasteiger partial charge in [0.2, 0.25) is 0 Å². The number of nitrogens with zero attached hydrogens (tertiary/aromatic N) is 1. The maximum absolute atomic E-state index is 13.4. The fourth-order valence-corrected chi connectivity index (χ4v) is 3.07. The molecule has 0 radical (unpaired) electrons. The molecule has 1 aliphatic rings. The molecule has 26 heavy (non-hydrogen) atoms. The second kappa shape index (κ2) is 7.19. The minimum Gasteiger partial charge on any atom is -0.481 e. The summed E-state index contributed by atoms with van der Waals surface area (Å²) in [5.41, 5.74) is 0.938. The van der Waals surface area contributed by atoms with Gasteiger partial charge in [-0.1, -0.05) is 12.1 Å². The first kappa shape index (κ1) is 18.0. The van der Waals surface area contributed by atoms with Crippen molar-refractivity contribution in [2.24, 2.45) is 5.92 Å². The van der Waals surface area contributed by atoms with Crippen LogP contribution in [0.15, 0.2) is 36.4 Å². The zero-order chi connectivity index (χ0) is 18.8. The summed E-state index contributed by atoms with van der Waals surface area (Å²) in [5, 5.41) is 9.11. The van der Waals surface area contributed by atoms with Gasteiger partial charge in [-0.25, -0.2) is 13.2 Å². The number of hydrogen-bond acceptors (Lipinski definition) is 2. The molecule has 1 unspecified atom stereocenters. The van der Waals surface area contributed by atoms with Crippen LogP contribution in [-0.4, -0.2) is 35.0 Å². The first-order valence-electron chi connectivity index (χ1n) is 8.14. The molecule has 1 aliphatic heterocycles. The van der Waals surface area contributed by atoms with Crippen LogP contribution < -0.4 is 0 Å². The highest BCUT2D eigenvalue weighted by atomic mass is 19.2. The van der Waals surface area contributed by atoms with E-state index in [1.54, 1.807) is 0 Å². The molecule has 0 saturated carbocycles. The predicted octanol–water partition coefficient (Wildman–Crippen LogP) is 3.71. The highest BCUT2D eigenvalue weighted by molar-refractivity contribution is 5.95. The molecule has 0 bridgehead atoms. The second-order valence-electron chi connectivity index (χ2n) is 6.26.